The smallest absolute Gasteiger partial charge is 0.251 e. The number of hydrogen-bond acceptors (Lipinski definition) is 4. The van der Waals surface area contributed by atoms with Crippen LogP contribution in [0.2, 0.25) is 0 Å². The lowest BCUT2D eigenvalue weighted by atomic mass is 10.1. The van der Waals surface area contributed by atoms with Gasteiger partial charge in [0.2, 0.25) is 0 Å². The first-order valence-electron chi connectivity index (χ1n) is 6.58. The summed E-state index contributed by atoms with van der Waals surface area (Å²) in [5, 5.41) is 24.8. The molecule has 21 heavy (non-hydrogen) atoms. The molecule has 2 aromatic rings. The van der Waals surface area contributed by atoms with E-state index in [2.05, 4.69) is 10.6 Å². The van der Waals surface area contributed by atoms with Gasteiger partial charge in [0.05, 0.1) is 0 Å². The highest BCUT2D eigenvalue weighted by molar-refractivity contribution is 5.94. The number of benzene rings is 2. The Labute approximate surface area is 123 Å². The molecular formula is C16H18N2O3. The number of aryl methyl sites for hydroxylation is 1. The Bertz CT molecular complexity index is 669. The molecule has 2 aromatic carbocycles. The molecule has 0 saturated carbocycles. The summed E-state index contributed by atoms with van der Waals surface area (Å²) in [6.45, 7) is 2.33. The van der Waals surface area contributed by atoms with Crippen molar-refractivity contribution in [1.82, 2.24) is 5.32 Å². The maximum atomic E-state index is 11.5. The zero-order valence-electron chi connectivity index (χ0n) is 12.0. The SMILES string of the molecule is CNC(=O)c1ccc(NCc2ccc(O)cc2O)c(C)c1. The van der Waals surface area contributed by atoms with Crippen LogP contribution < -0.4 is 10.6 Å². The van der Waals surface area contributed by atoms with Gasteiger partial charge in [-0.05, 0) is 42.8 Å². The molecule has 0 aliphatic rings. The summed E-state index contributed by atoms with van der Waals surface area (Å²) < 4.78 is 0. The Balaban J connectivity index is 2.11. The third-order valence-electron chi connectivity index (χ3n) is 3.25. The van der Waals surface area contributed by atoms with E-state index in [0.29, 0.717) is 17.7 Å². The Morgan fingerprint density at radius 3 is 2.52 bits per heavy atom. The largest absolute Gasteiger partial charge is 0.508 e. The fraction of sp³-hybridized carbons (Fsp3) is 0.188. The molecule has 0 fully saturated rings. The quantitative estimate of drug-likeness (QED) is 0.695. The van der Waals surface area contributed by atoms with Crippen molar-refractivity contribution in [3.63, 3.8) is 0 Å². The third kappa shape index (κ3) is 3.45. The van der Waals surface area contributed by atoms with Crippen molar-refractivity contribution in [2.24, 2.45) is 0 Å². The van der Waals surface area contributed by atoms with Crippen molar-refractivity contribution in [3.8, 4) is 11.5 Å². The number of carbonyl (C=O) groups is 1. The molecule has 1 amide bonds. The van der Waals surface area contributed by atoms with Gasteiger partial charge in [-0.3, -0.25) is 4.79 Å². The van der Waals surface area contributed by atoms with E-state index in [1.807, 2.05) is 13.0 Å². The molecule has 0 aliphatic heterocycles. The maximum Gasteiger partial charge on any atom is 0.251 e. The number of amides is 1. The molecule has 0 unspecified atom stereocenters. The number of rotatable bonds is 4. The molecule has 5 nitrogen and oxygen atoms in total. The average molecular weight is 286 g/mol. The van der Waals surface area contributed by atoms with Gasteiger partial charge in [-0.15, -0.1) is 0 Å². The predicted molar refractivity (Wildman–Crippen MR) is 81.7 cm³/mol. The molecule has 0 bridgehead atoms. The van der Waals surface area contributed by atoms with Crippen LogP contribution in [0.1, 0.15) is 21.5 Å². The van der Waals surface area contributed by atoms with Crippen molar-refractivity contribution < 1.29 is 15.0 Å². The van der Waals surface area contributed by atoms with Gasteiger partial charge in [0.1, 0.15) is 11.5 Å². The molecule has 0 spiro atoms. The summed E-state index contributed by atoms with van der Waals surface area (Å²) in [5.74, 6) is -0.0506. The lowest BCUT2D eigenvalue weighted by Gasteiger charge is -2.12. The zero-order chi connectivity index (χ0) is 15.4. The lowest BCUT2D eigenvalue weighted by Crippen LogP contribution is -2.17. The van der Waals surface area contributed by atoms with Gasteiger partial charge in [-0.25, -0.2) is 0 Å². The van der Waals surface area contributed by atoms with E-state index in [4.69, 9.17) is 0 Å². The monoisotopic (exact) mass is 286 g/mol. The molecule has 0 aliphatic carbocycles. The highest BCUT2D eigenvalue weighted by Gasteiger charge is 2.07. The molecule has 5 heteroatoms. The lowest BCUT2D eigenvalue weighted by molar-refractivity contribution is 0.0963. The van der Waals surface area contributed by atoms with Crippen molar-refractivity contribution in [2.75, 3.05) is 12.4 Å². The van der Waals surface area contributed by atoms with Gasteiger partial charge >= 0.3 is 0 Å². The zero-order valence-corrected chi connectivity index (χ0v) is 12.0. The second-order valence-corrected chi connectivity index (χ2v) is 4.78. The Morgan fingerprint density at radius 2 is 1.90 bits per heavy atom. The topological polar surface area (TPSA) is 81.6 Å². The van der Waals surface area contributed by atoms with Crippen LogP contribution in [-0.2, 0) is 6.54 Å². The second-order valence-electron chi connectivity index (χ2n) is 4.78. The Morgan fingerprint density at radius 1 is 1.14 bits per heavy atom. The van der Waals surface area contributed by atoms with E-state index >= 15 is 0 Å². The minimum atomic E-state index is -0.124. The minimum absolute atomic E-state index is 0.0300. The fourth-order valence-corrected chi connectivity index (χ4v) is 2.04. The van der Waals surface area contributed by atoms with E-state index in [0.717, 1.165) is 11.3 Å². The van der Waals surface area contributed by atoms with E-state index in [1.165, 1.54) is 12.1 Å². The normalized spacial score (nSPS) is 10.2. The molecule has 2 rings (SSSR count). The summed E-state index contributed by atoms with van der Waals surface area (Å²) in [6, 6.07) is 9.86. The summed E-state index contributed by atoms with van der Waals surface area (Å²) >= 11 is 0. The number of phenolic OH excluding ortho intramolecular Hbond substituents is 2. The van der Waals surface area contributed by atoms with Gasteiger partial charge in [0.25, 0.3) is 5.91 Å². The second kappa shape index (κ2) is 6.17. The first kappa shape index (κ1) is 14.7. The molecule has 0 radical (unpaired) electrons. The maximum absolute atomic E-state index is 11.5. The number of nitrogens with one attached hydrogen (secondary N) is 2. The summed E-state index contributed by atoms with van der Waals surface area (Å²) in [6.07, 6.45) is 0. The minimum Gasteiger partial charge on any atom is -0.508 e. The molecule has 0 atom stereocenters. The van der Waals surface area contributed by atoms with Crippen molar-refractivity contribution in [3.05, 3.63) is 53.1 Å². The van der Waals surface area contributed by atoms with E-state index in [1.54, 1.807) is 25.2 Å². The molecule has 110 valence electrons. The number of hydrogen-bond donors (Lipinski definition) is 4. The average Bonchev–Trinajstić information content (AvgIpc) is 2.46. The van der Waals surface area contributed by atoms with Gasteiger partial charge in [0.15, 0.2) is 0 Å². The molecular weight excluding hydrogens is 268 g/mol. The summed E-state index contributed by atoms with van der Waals surface area (Å²) in [5.41, 5.74) is 3.11. The standard InChI is InChI=1S/C16H18N2O3/c1-10-7-11(16(21)17-2)4-6-14(10)18-9-12-3-5-13(19)8-15(12)20/h3-8,18-20H,9H2,1-2H3,(H,17,21). The highest BCUT2D eigenvalue weighted by atomic mass is 16.3. The van der Waals surface area contributed by atoms with Crippen LogP contribution in [0.4, 0.5) is 5.69 Å². The number of carbonyl (C=O) groups excluding carboxylic acids is 1. The van der Waals surface area contributed by atoms with Gasteiger partial charge in [-0.1, -0.05) is 0 Å². The van der Waals surface area contributed by atoms with Crippen LogP contribution in [0.3, 0.4) is 0 Å². The number of aromatic hydroxyl groups is 2. The van der Waals surface area contributed by atoms with E-state index in [-0.39, 0.29) is 17.4 Å². The van der Waals surface area contributed by atoms with Crippen molar-refractivity contribution in [1.29, 1.82) is 0 Å². The molecule has 0 aromatic heterocycles. The molecule has 4 N–H and O–H groups in total. The third-order valence-corrected chi connectivity index (χ3v) is 3.25. The van der Waals surface area contributed by atoms with Crippen LogP contribution in [-0.4, -0.2) is 23.2 Å². The summed E-state index contributed by atoms with van der Waals surface area (Å²) in [7, 11) is 1.59. The number of anilines is 1. The van der Waals surface area contributed by atoms with Crippen LogP contribution in [0, 0.1) is 6.92 Å². The van der Waals surface area contributed by atoms with E-state index < -0.39 is 0 Å². The first-order valence-corrected chi connectivity index (χ1v) is 6.58. The molecule has 0 heterocycles. The highest BCUT2D eigenvalue weighted by Crippen LogP contribution is 2.24. The van der Waals surface area contributed by atoms with Crippen molar-refractivity contribution >= 4 is 11.6 Å². The van der Waals surface area contributed by atoms with Gasteiger partial charge < -0.3 is 20.8 Å². The van der Waals surface area contributed by atoms with Crippen LogP contribution >= 0.6 is 0 Å². The fourth-order valence-electron chi connectivity index (χ4n) is 2.04. The summed E-state index contributed by atoms with van der Waals surface area (Å²) in [4.78, 5) is 11.5. The van der Waals surface area contributed by atoms with Crippen LogP contribution in [0.15, 0.2) is 36.4 Å². The Hall–Kier alpha value is -2.69. The predicted octanol–water partition coefficient (Wildman–Crippen LogP) is 2.38. The van der Waals surface area contributed by atoms with Crippen LogP contribution in [0.5, 0.6) is 11.5 Å². The Kier molecular flexibility index (Phi) is 4.33. The number of phenols is 2. The van der Waals surface area contributed by atoms with Crippen molar-refractivity contribution in [2.45, 2.75) is 13.5 Å². The van der Waals surface area contributed by atoms with Gasteiger partial charge in [0, 0.05) is 36.5 Å². The van der Waals surface area contributed by atoms with E-state index in [9.17, 15) is 15.0 Å². The van der Waals surface area contributed by atoms with Crippen LogP contribution in [0.25, 0.3) is 0 Å². The molecule has 0 saturated heterocycles. The van der Waals surface area contributed by atoms with Gasteiger partial charge in [-0.2, -0.15) is 0 Å². The first-order chi connectivity index (χ1) is 10.0.